The first-order valence-corrected chi connectivity index (χ1v) is 23.7. The third-order valence-corrected chi connectivity index (χ3v) is 13.3. The van der Waals surface area contributed by atoms with Crippen molar-refractivity contribution in [3.05, 3.63) is 106 Å². The quantitative estimate of drug-likeness (QED) is 0.147. The normalized spacial score (nSPS) is 18.5. The van der Waals surface area contributed by atoms with Crippen LogP contribution in [0.3, 0.4) is 0 Å². The third-order valence-electron chi connectivity index (χ3n) is 13.3. The van der Waals surface area contributed by atoms with Crippen molar-refractivity contribution in [3.63, 3.8) is 0 Å². The molecule has 0 aromatic carbocycles. The highest BCUT2D eigenvalue weighted by Crippen LogP contribution is 2.37. The van der Waals surface area contributed by atoms with Crippen molar-refractivity contribution in [2.75, 3.05) is 39.3 Å². The zero-order chi connectivity index (χ0) is 54.4. The fourth-order valence-corrected chi connectivity index (χ4v) is 7.87. The second-order valence-electron chi connectivity index (χ2n) is 18.9. The number of ketones is 1. The number of halogens is 9. The standard InChI is InChI=1S/C17H16F4N4O.C12H10F4N2O2.C9H15BN2O2.2C6H7N.CH4.ClH/c18-14-13(2-6-23-15(14)17(19,20)21)16(26)24-7-3-12(4-8-24)25-9-11(10-25)1-5-22;13-9-8(1-4-17-10(9)12(14,15)16)11(20)18-5-2-7(19)3-6-18;1-8(2)9(3,4)14-10(13-8)7-5-11-12-6-7;2*7-5-4-6-2-1-3-6;;/h1-2,6,12H,3-4,7-10H2;1,4H,2-3,5-6H2;5-6H,1-4H3,(H,11,12);2*4H,1-3H2;1H4;1H. The summed E-state index contributed by atoms with van der Waals surface area (Å²) in [6.07, 6.45) is 8.78. The van der Waals surface area contributed by atoms with Crippen molar-refractivity contribution in [2.45, 2.75) is 129 Å². The van der Waals surface area contributed by atoms with Gasteiger partial charge in [-0.2, -0.15) is 47.2 Å². The average molecular weight is 1090 g/mol. The number of piperidine rings is 2. The number of H-pyrrole nitrogens is 1. The fraction of sp³-hybridized carbons (Fsp3) is 0.510. The van der Waals surface area contributed by atoms with Gasteiger partial charge in [0.25, 0.3) is 11.8 Å². The number of carbonyl (C=O) groups excluding carboxylic acids is 3. The summed E-state index contributed by atoms with van der Waals surface area (Å²) in [6.45, 7) is 10.4. The highest BCUT2D eigenvalue weighted by atomic mass is 35.5. The smallest absolute Gasteiger partial charge is 0.399 e. The second-order valence-corrected chi connectivity index (χ2v) is 18.9. The average Bonchev–Trinajstić information content (AvgIpc) is 3.92. The first-order chi connectivity index (χ1) is 34.9. The van der Waals surface area contributed by atoms with E-state index >= 15 is 0 Å². The summed E-state index contributed by atoms with van der Waals surface area (Å²) in [6, 6.07) is 8.14. The molecule has 6 fully saturated rings. The van der Waals surface area contributed by atoms with E-state index < -0.39 is 58.3 Å². The van der Waals surface area contributed by atoms with Crippen molar-refractivity contribution < 1.29 is 58.8 Å². The van der Waals surface area contributed by atoms with Gasteiger partial charge in [-0.05, 0) is 96.8 Å². The van der Waals surface area contributed by atoms with Gasteiger partial charge >= 0.3 is 19.5 Å². The number of nitrogens with zero attached hydrogens (tertiary/aromatic N) is 9. The minimum Gasteiger partial charge on any atom is -0.399 e. The summed E-state index contributed by atoms with van der Waals surface area (Å²) >= 11 is 0. The van der Waals surface area contributed by atoms with Crippen LogP contribution >= 0.6 is 12.4 Å². The summed E-state index contributed by atoms with van der Waals surface area (Å²) in [5, 5.41) is 31.4. The SMILES string of the molecule is C.CC1(C)OB(c2cn[nH]c2)OC1(C)C.Cl.N#CC=C1CCC1.N#CC=C1CCC1.N#CC=C1CN(C2CCN(C(=O)c3ccnc(C(F)(F)F)c3F)CC2)C1.O=C1CCN(C(=O)c2ccnc(C(F)(F)F)c2F)CC1. The number of rotatable bonds is 4. The maximum Gasteiger partial charge on any atom is 0.498 e. The van der Waals surface area contributed by atoms with E-state index in [9.17, 15) is 49.5 Å². The number of alkyl halides is 6. The van der Waals surface area contributed by atoms with Crippen LogP contribution in [0.2, 0.25) is 0 Å². The van der Waals surface area contributed by atoms with Gasteiger partial charge in [-0.3, -0.25) is 24.4 Å². The van der Waals surface area contributed by atoms with Crippen molar-refractivity contribution in [3.8, 4) is 18.2 Å². The van der Waals surface area contributed by atoms with Gasteiger partial charge in [-0.25, -0.2) is 18.7 Å². The molecule has 1 N–H and O–H groups in total. The highest BCUT2D eigenvalue weighted by Gasteiger charge is 2.52. The van der Waals surface area contributed by atoms with Crippen LogP contribution in [0, 0.1) is 45.6 Å². The Morgan fingerprint density at radius 2 is 1.12 bits per heavy atom. The molecule has 76 heavy (non-hydrogen) atoms. The molecule has 4 aliphatic heterocycles. The van der Waals surface area contributed by atoms with Crippen LogP contribution in [-0.2, 0) is 26.5 Å². The van der Waals surface area contributed by atoms with Gasteiger partial charge in [0.2, 0.25) is 0 Å². The molecule has 0 radical (unpaired) electrons. The van der Waals surface area contributed by atoms with Crippen LogP contribution in [-0.4, -0.2) is 116 Å². The first kappa shape index (κ1) is 63.8. The molecule has 2 saturated carbocycles. The Labute approximate surface area is 443 Å². The summed E-state index contributed by atoms with van der Waals surface area (Å²) in [5.74, 6) is -4.94. The van der Waals surface area contributed by atoms with E-state index in [1.54, 1.807) is 24.5 Å². The number of nitriles is 3. The van der Waals surface area contributed by atoms with Gasteiger partial charge in [0.15, 0.2) is 23.0 Å². The maximum absolute atomic E-state index is 14.1. The number of allylic oxidation sites excluding steroid dienone is 5. The number of nitrogens with one attached hydrogen (secondary N) is 1. The molecular weight excluding hydrogens is 1030 g/mol. The minimum atomic E-state index is -4.96. The lowest BCUT2D eigenvalue weighted by Crippen LogP contribution is -2.52. The number of carbonyl (C=O) groups is 3. The fourth-order valence-electron chi connectivity index (χ4n) is 7.87. The lowest BCUT2D eigenvalue weighted by molar-refractivity contribution is -0.144. The molecule has 6 aliphatic rings. The summed E-state index contributed by atoms with van der Waals surface area (Å²) < 4.78 is 115. The molecule has 2 aliphatic carbocycles. The Kier molecular flexibility index (Phi) is 23.5. The molecule has 15 nitrogen and oxygen atoms in total. The number of amides is 2. The Hall–Kier alpha value is -6.52. The minimum absolute atomic E-state index is 0. The molecule has 0 spiro atoms. The van der Waals surface area contributed by atoms with E-state index in [1.807, 2.05) is 45.9 Å². The predicted octanol–water partition coefficient (Wildman–Crippen LogP) is 9.66. The first-order valence-electron chi connectivity index (χ1n) is 23.7. The Morgan fingerprint density at radius 1 is 0.711 bits per heavy atom. The van der Waals surface area contributed by atoms with Crippen LogP contribution in [0.25, 0.3) is 0 Å². The van der Waals surface area contributed by atoms with Crippen LogP contribution in [0.15, 0.2) is 71.9 Å². The molecule has 0 atom stereocenters. The number of Topliss-reactive ketones (excluding diaryl/α,β-unsaturated/α-hetero) is 1. The molecule has 4 saturated heterocycles. The van der Waals surface area contributed by atoms with Crippen molar-refractivity contribution >= 4 is 42.6 Å². The summed E-state index contributed by atoms with van der Waals surface area (Å²) in [4.78, 5) is 46.1. The molecule has 7 heterocycles. The van der Waals surface area contributed by atoms with Gasteiger partial charge in [-0.15, -0.1) is 12.4 Å². The van der Waals surface area contributed by atoms with E-state index in [-0.39, 0.29) is 75.9 Å². The molecule has 3 aromatic heterocycles. The maximum atomic E-state index is 14.1. The summed E-state index contributed by atoms with van der Waals surface area (Å²) in [7, 11) is -0.307. The van der Waals surface area contributed by atoms with E-state index in [2.05, 4.69) is 25.1 Å². The van der Waals surface area contributed by atoms with Crippen LogP contribution in [0.1, 0.15) is 131 Å². The molecule has 0 bridgehead atoms. The zero-order valence-electron chi connectivity index (χ0n) is 41.7. The van der Waals surface area contributed by atoms with E-state index in [0.29, 0.717) is 25.9 Å². The van der Waals surface area contributed by atoms with Gasteiger partial charge in [-0.1, -0.05) is 18.6 Å². The van der Waals surface area contributed by atoms with E-state index in [0.717, 1.165) is 74.3 Å². The number of pyridine rings is 2. The van der Waals surface area contributed by atoms with Crippen molar-refractivity contribution in [2.24, 2.45) is 0 Å². The van der Waals surface area contributed by atoms with Gasteiger partial charge < -0.3 is 19.1 Å². The monoisotopic (exact) mass is 1090 g/mol. The molecule has 9 rings (SSSR count). The van der Waals surface area contributed by atoms with E-state index in [4.69, 9.17) is 25.1 Å². The largest absolute Gasteiger partial charge is 0.498 e. The molecule has 25 heteroatoms. The molecular formula is C51H60BClF8N10O5. The Balaban J connectivity index is 0.000000269. The van der Waals surface area contributed by atoms with Crippen molar-refractivity contribution in [1.82, 2.24) is 34.9 Å². The van der Waals surface area contributed by atoms with Gasteiger partial charge in [0.05, 0.1) is 40.5 Å². The number of hydrogen-bond donors (Lipinski definition) is 1. The van der Waals surface area contributed by atoms with Crippen LogP contribution in [0.4, 0.5) is 35.1 Å². The van der Waals surface area contributed by atoms with Gasteiger partial charge in [0, 0.05) is 107 Å². The lowest BCUT2D eigenvalue weighted by atomic mass is 9.82. The third kappa shape index (κ3) is 17.0. The summed E-state index contributed by atoms with van der Waals surface area (Å²) in [5.41, 5.74) is -0.593. The highest BCUT2D eigenvalue weighted by molar-refractivity contribution is 6.61. The predicted molar refractivity (Wildman–Crippen MR) is 266 cm³/mol. The molecule has 2 amide bonds. The lowest BCUT2D eigenvalue weighted by Gasteiger charge is -2.44. The number of likely N-dealkylation sites (tertiary alicyclic amines) is 3. The van der Waals surface area contributed by atoms with Crippen LogP contribution < -0.4 is 5.46 Å². The molecule has 410 valence electrons. The topological polar surface area (TPSA) is 205 Å². The van der Waals surface area contributed by atoms with E-state index in [1.165, 1.54) is 39.9 Å². The number of aromatic amines is 1. The Bertz CT molecular complexity index is 2630. The number of hydrogen-bond acceptors (Lipinski definition) is 12. The van der Waals surface area contributed by atoms with Gasteiger partial charge in [0.1, 0.15) is 5.78 Å². The van der Waals surface area contributed by atoms with Crippen molar-refractivity contribution in [1.29, 1.82) is 15.8 Å². The number of aromatic nitrogens is 4. The van der Waals surface area contributed by atoms with Crippen LogP contribution in [0.5, 0.6) is 0 Å². The molecule has 3 aromatic rings. The zero-order valence-corrected chi connectivity index (χ0v) is 42.5. The Morgan fingerprint density at radius 3 is 1.46 bits per heavy atom. The second kappa shape index (κ2) is 28.0. The molecule has 0 unspecified atom stereocenters.